The van der Waals surface area contributed by atoms with Crippen LogP contribution in [0.3, 0.4) is 0 Å². The van der Waals surface area contributed by atoms with Gasteiger partial charge in [0.2, 0.25) is 10.0 Å². The molecule has 3 rings (SSSR count). The van der Waals surface area contributed by atoms with Crippen LogP contribution in [-0.4, -0.2) is 36.6 Å². The van der Waals surface area contributed by atoms with Crippen molar-refractivity contribution in [2.75, 3.05) is 18.4 Å². The van der Waals surface area contributed by atoms with Crippen LogP contribution in [0.4, 0.5) is 5.13 Å². The monoisotopic (exact) mass is 421 g/mol. The number of hydrogen-bond donors (Lipinski definition) is 2. The van der Waals surface area contributed by atoms with Gasteiger partial charge >= 0.3 is 0 Å². The number of anilines is 1. The highest BCUT2D eigenvalue weighted by Gasteiger charge is 2.23. The van der Waals surface area contributed by atoms with E-state index < -0.39 is 10.0 Å². The van der Waals surface area contributed by atoms with E-state index in [-0.39, 0.29) is 4.90 Å². The zero-order chi connectivity index (χ0) is 20.0. The van der Waals surface area contributed by atoms with E-state index in [9.17, 15) is 8.42 Å². The van der Waals surface area contributed by atoms with Crippen molar-refractivity contribution in [3.8, 4) is 11.4 Å². The second-order valence-electron chi connectivity index (χ2n) is 6.29. The molecule has 0 aliphatic rings. The lowest BCUT2D eigenvalue weighted by molar-refractivity contribution is 0.390. The van der Waals surface area contributed by atoms with Crippen molar-refractivity contribution in [3.63, 3.8) is 0 Å². The molecule has 150 valence electrons. The third-order valence-corrected chi connectivity index (χ3v) is 6.59. The fourth-order valence-electron chi connectivity index (χ4n) is 2.75. The average Bonchev–Trinajstić information content (AvgIpc) is 3.28. The SMILES string of the molecule is Cc1noc(C)c1S(=O)(=O)NCCCCCNc1nc(-c2ccccn2)cs1. The normalized spacial score (nSPS) is 11.6. The summed E-state index contributed by atoms with van der Waals surface area (Å²) < 4.78 is 32.1. The molecule has 0 aliphatic heterocycles. The van der Waals surface area contributed by atoms with E-state index in [1.165, 1.54) is 0 Å². The van der Waals surface area contributed by atoms with Crippen molar-refractivity contribution < 1.29 is 12.9 Å². The third kappa shape index (κ3) is 5.15. The molecule has 10 heteroatoms. The van der Waals surface area contributed by atoms with Gasteiger partial charge in [-0.15, -0.1) is 11.3 Å². The third-order valence-electron chi connectivity index (χ3n) is 4.09. The van der Waals surface area contributed by atoms with Gasteiger partial charge in [0.25, 0.3) is 0 Å². The van der Waals surface area contributed by atoms with Crippen LogP contribution in [-0.2, 0) is 10.0 Å². The highest BCUT2D eigenvalue weighted by molar-refractivity contribution is 7.89. The molecule has 0 aromatic carbocycles. The molecule has 0 fully saturated rings. The lowest BCUT2D eigenvalue weighted by Gasteiger charge is -2.06. The standard InChI is InChI=1S/C18H23N5O3S2/c1-13-17(14(2)26-23-13)28(24,25)21-11-6-3-5-10-20-18-22-16(12-27-18)15-8-4-7-9-19-15/h4,7-9,12,21H,3,5-6,10-11H2,1-2H3,(H,20,22). The molecule has 3 aromatic heterocycles. The van der Waals surface area contributed by atoms with E-state index >= 15 is 0 Å². The lowest BCUT2D eigenvalue weighted by Crippen LogP contribution is -2.25. The summed E-state index contributed by atoms with van der Waals surface area (Å²) in [4.78, 5) is 8.96. The first-order valence-corrected chi connectivity index (χ1v) is 11.4. The first-order valence-electron chi connectivity index (χ1n) is 9.01. The van der Waals surface area contributed by atoms with Crippen molar-refractivity contribution in [1.82, 2.24) is 19.8 Å². The number of thiazole rings is 1. The van der Waals surface area contributed by atoms with Crippen LogP contribution in [0, 0.1) is 13.8 Å². The van der Waals surface area contributed by atoms with Gasteiger partial charge < -0.3 is 9.84 Å². The minimum Gasteiger partial charge on any atom is -0.362 e. The Labute approximate surface area is 168 Å². The van der Waals surface area contributed by atoms with E-state index in [1.54, 1.807) is 31.4 Å². The number of unbranched alkanes of at least 4 members (excludes halogenated alkanes) is 2. The quantitative estimate of drug-likeness (QED) is 0.483. The largest absolute Gasteiger partial charge is 0.362 e. The molecule has 0 spiro atoms. The maximum atomic E-state index is 12.3. The molecule has 2 N–H and O–H groups in total. The molecule has 28 heavy (non-hydrogen) atoms. The highest BCUT2D eigenvalue weighted by atomic mass is 32.2. The Morgan fingerprint density at radius 3 is 2.64 bits per heavy atom. The van der Waals surface area contributed by atoms with Crippen molar-refractivity contribution >= 4 is 26.5 Å². The molecule has 0 radical (unpaired) electrons. The van der Waals surface area contributed by atoms with Gasteiger partial charge in [0, 0.05) is 24.7 Å². The predicted octanol–water partition coefficient (Wildman–Crippen LogP) is 3.37. The van der Waals surface area contributed by atoms with E-state index in [2.05, 4.69) is 25.2 Å². The van der Waals surface area contributed by atoms with Crippen LogP contribution in [0.5, 0.6) is 0 Å². The number of aryl methyl sites for hydroxylation is 2. The molecule has 0 saturated heterocycles. The Hall–Kier alpha value is -2.30. The number of rotatable bonds is 10. The zero-order valence-corrected chi connectivity index (χ0v) is 17.4. The number of nitrogens with zero attached hydrogens (tertiary/aromatic N) is 3. The predicted molar refractivity (Wildman–Crippen MR) is 109 cm³/mol. The summed E-state index contributed by atoms with van der Waals surface area (Å²) in [6, 6.07) is 5.75. The van der Waals surface area contributed by atoms with Gasteiger partial charge in [-0.1, -0.05) is 17.6 Å². The fraction of sp³-hybridized carbons (Fsp3) is 0.389. The van der Waals surface area contributed by atoms with Crippen molar-refractivity contribution in [2.24, 2.45) is 0 Å². The number of aromatic nitrogens is 3. The summed E-state index contributed by atoms with van der Waals surface area (Å²) in [7, 11) is -3.57. The van der Waals surface area contributed by atoms with Gasteiger partial charge in [-0.2, -0.15) is 0 Å². The fourth-order valence-corrected chi connectivity index (χ4v) is 4.88. The van der Waals surface area contributed by atoms with Crippen molar-refractivity contribution in [1.29, 1.82) is 0 Å². The molecule has 3 aromatic rings. The summed E-state index contributed by atoms with van der Waals surface area (Å²) in [6.07, 6.45) is 4.32. The summed E-state index contributed by atoms with van der Waals surface area (Å²) in [6.45, 7) is 4.38. The maximum Gasteiger partial charge on any atom is 0.245 e. The molecular formula is C18H23N5O3S2. The van der Waals surface area contributed by atoms with E-state index in [4.69, 9.17) is 4.52 Å². The Morgan fingerprint density at radius 1 is 1.11 bits per heavy atom. The van der Waals surface area contributed by atoms with Crippen molar-refractivity contribution in [3.05, 3.63) is 41.2 Å². The molecule has 0 amide bonds. The molecule has 0 atom stereocenters. The van der Waals surface area contributed by atoms with Gasteiger partial charge in [0.15, 0.2) is 10.9 Å². The van der Waals surface area contributed by atoms with Gasteiger partial charge in [-0.05, 0) is 38.8 Å². The van der Waals surface area contributed by atoms with E-state index in [0.29, 0.717) is 18.0 Å². The number of hydrogen-bond acceptors (Lipinski definition) is 8. The average molecular weight is 422 g/mol. The molecule has 0 bridgehead atoms. The molecule has 0 unspecified atom stereocenters. The van der Waals surface area contributed by atoms with Gasteiger partial charge in [-0.25, -0.2) is 18.1 Å². The molecule has 0 saturated carbocycles. The maximum absolute atomic E-state index is 12.3. The first-order chi connectivity index (χ1) is 13.5. The highest BCUT2D eigenvalue weighted by Crippen LogP contribution is 2.23. The molecule has 3 heterocycles. The Balaban J connectivity index is 1.35. The topological polar surface area (TPSA) is 110 Å². The summed E-state index contributed by atoms with van der Waals surface area (Å²) >= 11 is 1.55. The van der Waals surface area contributed by atoms with E-state index in [0.717, 1.165) is 42.3 Å². The Morgan fingerprint density at radius 2 is 1.93 bits per heavy atom. The summed E-state index contributed by atoms with van der Waals surface area (Å²) in [5.41, 5.74) is 2.10. The molecular weight excluding hydrogens is 398 g/mol. The van der Waals surface area contributed by atoms with Crippen LogP contribution in [0.25, 0.3) is 11.4 Å². The summed E-state index contributed by atoms with van der Waals surface area (Å²) in [5, 5.41) is 9.83. The minimum absolute atomic E-state index is 0.140. The van der Waals surface area contributed by atoms with Crippen LogP contribution < -0.4 is 10.0 Å². The number of nitrogens with one attached hydrogen (secondary N) is 2. The van der Waals surface area contributed by atoms with Crippen LogP contribution in [0.1, 0.15) is 30.7 Å². The second-order valence-corrected chi connectivity index (χ2v) is 8.85. The second kappa shape index (κ2) is 9.26. The Bertz CT molecular complexity index is 980. The first kappa shape index (κ1) is 20.4. The Kier molecular flexibility index (Phi) is 6.76. The van der Waals surface area contributed by atoms with Crippen LogP contribution in [0.2, 0.25) is 0 Å². The number of sulfonamides is 1. The van der Waals surface area contributed by atoms with Crippen LogP contribution >= 0.6 is 11.3 Å². The van der Waals surface area contributed by atoms with Gasteiger partial charge in [0.05, 0.1) is 5.69 Å². The number of pyridine rings is 1. The van der Waals surface area contributed by atoms with E-state index in [1.807, 2.05) is 23.6 Å². The zero-order valence-electron chi connectivity index (χ0n) is 15.8. The smallest absolute Gasteiger partial charge is 0.245 e. The molecule has 0 aliphatic carbocycles. The van der Waals surface area contributed by atoms with Gasteiger partial charge in [-0.3, -0.25) is 4.98 Å². The lowest BCUT2D eigenvalue weighted by atomic mass is 10.2. The van der Waals surface area contributed by atoms with Gasteiger partial charge in [0.1, 0.15) is 16.3 Å². The summed E-state index contributed by atoms with van der Waals surface area (Å²) in [5.74, 6) is 0.308. The minimum atomic E-state index is -3.57. The molecule has 8 nitrogen and oxygen atoms in total. The van der Waals surface area contributed by atoms with Crippen LogP contribution in [0.15, 0.2) is 39.2 Å². The van der Waals surface area contributed by atoms with Crippen molar-refractivity contribution in [2.45, 2.75) is 38.0 Å².